The SMILES string of the molecule is COc1cccc([C@H](C)Nc2cc(-c3ccc4cc[nH]c4c3)nc(C)n2)c1. The van der Waals surface area contributed by atoms with Crippen LogP contribution in [0.3, 0.4) is 0 Å². The van der Waals surface area contributed by atoms with Gasteiger partial charge in [0.15, 0.2) is 0 Å². The van der Waals surface area contributed by atoms with E-state index in [1.54, 1.807) is 7.11 Å². The molecule has 136 valence electrons. The minimum absolute atomic E-state index is 0.0909. The fraction of sp³-hybridized carbons (Fsp3) is 0.182. The van der Waals surface area contributed by atoms with Crippen molar-refractivity contribution in [3.8, 4) is 17.0 Å². The van der Waals surface area contributed by atoms with E-state index in [0.717, 1.165) is 39.7 Å². The molecule has 0 fully saturated rings. The number of benzene rings is 2. The third-order valence-electron chi connectivity index (χ3n) is 4.65. The summed E-state index contributed by atoms with van der Waals surface area (Å²) < 4.78 is 5.32. The van der Waals surface area contributed by atoms with Crippen molar-refractivity contribution in [1.82, 2.24) is 15.0 Å². The standard InChI is InChI=1S/C22H22N4O/c1-14(17-5-4-6-19(11-17)27-3)24-22-13-21(25-15(2)26-22)18-8-7-16-9-10-23-20(16)12-18/h4-14,23H,1-3H3,(H,24,25,26)/t14-/m0/s1. The Hall–Kier alpha value is -3.34. The first-order valence-corrected chi connectivity index (χ1v) is 8.96. The molecule has 0 saturated carbocycles. The van der Waals surface area contributed by atoms with Crippen LogP contribution in [-0.4, -0.2) is 22.1 Å². The quantitative estimate of drug-likeness (QED) is 0.520. The summed E-state index contributed by atoms with van der Waals surface area (Å²) in [5, 5.41) is 4.67. The van der Waals surface area contributed by atoms with Crippen LogP contribution in [0.15, 0.2) is 60.8 Å². The lowest BCUT2D eigenvalue weighted by atomic mass is 10.1. The van der Waals surface area contributed by atoms with E-state index in [4.69, 9.17) is 4.74 Å². The number of rotatable bonds is 5. The van der Waals surface area contributed by atoms with Gasteiger partial charge in [0.05, 0.1) is 18.8 Å². The Labute approximate surface area is 158 Å². The second-order valence-corrected chi connectivity index (χ2v) is 6.61. The maximum Gasteiger partial charge on any atom is 0.130 e. The molecule has 0 bridgehead atoms. The monoisotopic (exact) mass is 358 g/mol. The smallest absolute Gasteiger partial charge is 0.130 e. The van der Waals surface area contributed by atoms with Crippen LogP contribution in [0.5, 0.6) is 5.75 Å². The predicted octanol–water partition coefficient (Wildman–Crippen LogP) is 5.12. The molecule has 0 saturated heterocycles. The van der Waals surface area contributed by atoms with Gasteiger partial charge in [-0.15, -0.1) is 0 Å². The summed E-state index contributed by atoms with van der Waals surface area (Å²) in [6.45, 7) is 4.02. The highest BCUT2D eigenvalue weighted by atomic mass is 16.5. The van der Waals surface area contributed by atoms with Gasteiger partial charge in [-0.05, 0) is 49.1 Å². The van der Waals surface area contributed by atoms with Crippen LogP contribution in [0, 0.1) is 6.92 Å². The van der Waals surface area contributed by atoms with Crippen LogP contribution in [-0.2, 0) is 0 Å². The summed E-state index contributed by atoms with van der Waals surface area (Å²) in [4.78, 5) is 12.4. The van der Waals surface area contributed by atoms with E-state index < -0.39 is 0 Å². The molecule has 0 aliphatic carbocycles. The van der Waals surface area contributed by atoms with E-state index in [9.17, 15) is 0 Å². The molecular formula is C22H22N4O. The van der Waals surface area contributed by atoms with Gasteiger partial charge < -0.3 is 15.0 Å². The van der Waals surface area contributed by atoms with E-state index in [2.05, 4.69) is 57.5 Å². The Morgan fingerprint density at radius 2 is 1.93 bits per heavy atom. The molecule has 0 aliphatic heterocycles. The summed E-state index contributed by atoms with van der Waals surface area (Å²) in [7, 11) is 1.68. The largest absolute Gasteiger partial charge is 0.497 e. The number of aromatic nitrogens is 3. The average Bonchev–Trinajstić information content (AvgIpc) is 3.15. The highest BCUT2D eigenvalue weighted by molar-refractivity contribution is 5.84. The number of nitrogens with one attached hydrogen (secondary N) is 2. The van der Waals surface area contributed by atoms with Crippen molar-refractivity contribution in [2.75, 3.05) is 12.4 Å². The van der Waals surface area contributed by atoms with Crippen molar-refractivity contribution >= 4 is 16.7 Å². The van der Waals surface area contributed by atoms with Crippen LogP contribution in [0.2, 0.25) is 0 Å². The Balaban J connectivity index is 1.63. The number of aryl methyl sites for hydroxylation is 1. The third kappa shape index (κ3) is 3.62. The average molecular weight is 358 g/mol. The van der Waals surface area contributed by atoms with E-state index in [0.29, 0.717) is 0 Å². The molecule has 4 rings (SSSR count). The number of anilines is 1. The lowest BCUT2D eigenvalue weighted by Crippen LogP contribution is -2.09. The molecule has 27 heavy (non-hydrogen) atoms. The van der Waals surface area contributed by atoms with Gasteiger partial charge >= 0.3 is 0 Å². The van der Waals surface area contributed by atoms with Gasteiger partial charge in [0, 0.05) is 23.3 Å². The van der Waals surface area contributed by atoms with Crippen LogP contribution in [0.1, 0.15) is 24.4 Å². The van der Waals surface area contributed by atoms with Gasteiger partial charge in [-0.25, -0.2) is 9.97 Å². The molecule has 1 atom stereocenters. The van der Waals surface area contributed by atoms with Crippen LogP contribution < -0.4 is 10.1 Å². The van der Waals surface area contributed by atoms with E-state index >= 15 is 0 Å². The zero-order valence-electron chi connectivity index (χ0n) is 15.7. The number of ether oxygens (including phenoxy) is 1. The number of aromatic amines is 1. The number of fused-ring (bicyclic) bond motifs is 1. The highest BCUT2D eigenvalue weighted by Gasteiger charge is 2.10. The molecular weight excluding hydrogens is 336 g/mol. The van der Waals surface area contributed by atoms with Crippen molar-refractivity contribution in [3.05, 3.63) is 72.2 Å². The molecule has 2 N–H and O–H groups in total. The molecule has 0 radical (unpaired) electrons. The van der Waals surface area contributed by atoms with Crippen molar-refractivity contribution < 1.29 is 4.74 Å². The summed E-state index contributed by atoms with van der Waals surface area (Å²) in [5.74, 6) is 2.39. The highest BCUT2D eigenvalue weighted by Crippen LogP contribution is 2.26. The van der Waals surface area contributed by atoms with Gasteiger partial charge in [0.2, 0.25) is 0 Å². The molecule has 2 heterocycles. The maximum absolute atomic E-state index is 5.32. The number of hydrogen-bond acceptors (Lipinski definition) is 4. The van der Waals surface area contributed by atoms with Gasteiger partial charge in [-0.3, -0.25) is 0 Å². The molecule has 4 aromatic rings. The first-order valence-electron chi connectivity index (χ1n) is 8.96. The normalized spacial score (nSPS) is 12.1. The molecule has 0 aliphatic rings. The second kappa shape index (κ2) is 7.11. The van der Waals surface area contributed by atoms with Crippen LogP contribution in [0.4, 0.5) is 5.82 Å². The molecule has 5 heteroatoms. The zero-order chi connectivity index (χ0) is 18.8. The first kappa shape index (κ1) is 17.1. The second-order valence-electron chi connectivity index (χ2n) is 6.61. The van der Waals surface area contributed by atoms with E-state index in [-0.39, 0.29) is 6.04 Å². The number of nitrogens with zero attached hydrogens (tertiary/aromatic N) is 2. The summed E-state index contributed by atoms with van der Waals surface area (Å²) in [6, 6.07) is 18.5. The van der Waals surface area contributed by atoms with Crippen LogP contribution in [0.25, 0.3) is 22.2 Å². The Kier molecular flexibility index (Phi) is 4.50. The van der Waals surface area contributed by atoms with Gasteiger partial charge in [-0.1, -0.05) is 24.3 Å². The van der Waals surface area contributed by atoms with E-state index in [1.807, 2.05) is 37.4 Å². The molecule has 2 aromatic carbocycles. The predicted molar refractivity (Wildman–Crippen MR) is 109 cm³/mol. The Morgan fingerprint density at radius 1 is 1.04 bits per heavy atom. The zero-order valence-corrected chi connectivity index (χ0v) is 15.7. The van der Waals surface area contributed by atoms with Crippen molar-refractivity contribution in [3.63, 3.8) is 0 Å². The minimum atomic E-state index is 0.0909. The summed E-state index contributed by atoms with van der Waals surface area (Å²) in [5.41, 5.74) is 4.20. The van der Waals surface area contributed by atoms with Gasteiger partial charge in [0.25, 0.3) is 0 Å². The molecule has 0 unspecified atom stereocenters. The van der Waals surface area contributed by atoms with Gasteiger partial charge in [-0.2, -0.15) is 0 Å². The molecule has 0 spiro atoms. The topological polar surface area (TPSA) is 62.8 Å². The van der Waals surface area contributed by atoms with Crippen LogP contribution >= 0.6 is 0 Å². The van der Waals surface area contributed by atoms with E-state index in [1.165, 1.54) is 5.39 Å². The number of H-pyrrole nitrogens is 1. The molecule has 2 aromatic heterocycles. The summed E-state index contributed by atoms with van der Waals surface area (Å²) >= 11 is 0. The minimum Gasteiger partial charge on any atom is -0.497 e. The Morgan fingerprint density at radius 3 is 2.78 bits per heavy atom. The number of methoxy groups -OCH3 is 1. The molecule has 0 amide bonds. The molecule has 5 nitrogen and oxygen atoms in total. The van der Waals surface area contributed by atoms with Gasteiger partial charge in [0.1, 0.15) is 17.4 Å². The number of hydrogen-bond donors (Lipinski definition) is 2. The van der Waals surface area contributed by atoms with Crippen molar-refractivity contribution in [1.29, 1.82) is 0 Å². The maximum atomic E-state index is 5.32. The Bertz CT molecular complexity index is 1090. The lowest BCUT2D eigenvalue weighted by Gasteiger charge is -2.16. The fourth-order valence-electron chi connectivity index (χ4n) is 3.21. The van der Waals surface area contributed by atoms with Crippen molar-refractivity contribution in [2.24, 2.45) is 0 Å². The fourth-order valence-corrected chi connectivity index (χ4v) is 3.21. The third-order valence-corrected chi connectivity index (χ3v) is 4.65. The summed E-state index contributed by atoms with van der Waals surface area (Å²) in [6.07, 6.45) is 1.95. The van der Waals surface area contributed by atoms with Crippen molar-refractivity contribution in [2.45, 2.75) is 19.9 Å². The first-order chi connectivity index (χ1) is 13.1. The lowest BCUT2D eigenvalue weighted by molar-refractivity contribution is 0.414.